The van der Waals surface area contributed by atoms with Crippen LogP contribution in [-0.4, -0.2) is 18.0 Å². The molecule has 0 aliphatic carbocycles. The molecule has 4 aromatic carbocycles. The minimum Gasteiger partial charge on any atom is -0.305 e. The number of rotatable bonds is 5. The summed E-state index contributed by atoms with van der Waals surface area (Å²) in [5, 5.41) is 3.54. The van der Waals surface area contributed by atoms with Gasteiger partial charge in [-0.25, -0.2) is 4.39 Å². The van der Waals surface area contributed by atoms with E-state index < -0.39 is 14.0 Å². The van der Waals surface area contributed by atoms with Gasteiger partial charge < -0.3 is 9.97 Å². The van der Waals surface area contributed by atoms with E-state index in [4.69, 9.17) is 1.37 Å². The standard InChI is InChI=1S/C26H19FNS.C15H18NSi.Ir/c1-16(2)18-11-12-28-24(13-18)20-10-6-9-19-22-14-21(17-7-4-3-5-8-17)23(27)15-25(22)29-26(19)20;1-12-10-14(13-8-6-5-7-9-13)16-11-15(12)17(2,3)4;/h3-9,11-16H,1-2H3;5-8,10-11H,1-4H3;/q2*-1;/i16D;;. The van der Waals surface area contributed by atoms with Crippen LogP contribution in [-0.2, 0) is 20.1 Å². The second-order valence-electron chi connectivity index (χ2n) is 12.7. The number of benzene rings is 4. The second kappa shape index (κ2) is 14.5. The van der Waals surface area contributed by atoms with Crippen LogP contribution in [0.2, 0.25) is 19.6 Å². The molecule has 0 unspecified atom stereocenters. The van der Waals surface area contributed by atoms with Gasteiger partial charge in [0, 0.05) is 44.1 Å². The summed E-state index contributed by atoms with van der Waals surface area (Å²) in [4.78, 5) is 9.12. The summed E-state index contributed by atoms with van der Waals surface area (Å²) in [6.45, 7) is 13.0. The Morgan fingerprint density at radius 1 is 0.830 bits per heavy atom. The van der Waals surface area contributed by atoms with Gasteiger partial charge in [-0.1, -0.05) is 92.5 Å². The van der Waals surface area contributed by atoms with Gasteiger partial charge in [0.1, 0.15) is 5.82 Å². The summed E-state index contributed by atoms with van der Waals surface area (Å²) in [6.07, 6.45) is 3.80. The minimum absolute atomic E-state index is 0. The minimum atomic E-state index is -1.27. The van der Waals surface area contributed by atoms with Crippen molar-refractivity contribution in [3.8, 4) is 33.6 Å². The molecule has 3 heterocycles. The Morgan fingerprint density at radius 3 is 2.28 bits per heavy atom. The van der Waals surface area contributed by atoms with Gasteiger partial charge in [0.2, 0.25) is 0 Å². The van der Waals surface area contributed by atoms with E-state index in [1.807, 2.05) is 92.7 Å². The Hall–Kier alpha value is -3.80. The topological polar surface area (TPSA) is 25.8 Å². The van der Waals surface area contributed by atoms with E-state index in [0.717, 1.165) is 53.8 Å². The maximum absolute atomic E-state index is 14.9. The molecular weight excluding hydrogens is 792 g/mol. The van der Waals surface area contributed by atoms with Crippen molar-refractivity contribution in [3.63, 3.8) is 0 Å². The largest absolute Gasteiger partial charge is 0.305 e. The zero-order chi connectivity index (χ0) is 33.3. The molecule has 2 nitrogen and oxygen atoms in total. The molecule has 3 aromatic heterocycles. The van der Waals surface area contributed by atoms with Gasteiger partial charge in [-0.15, -0.1) is 59.7 Å². The van der Waals surface area contributed by atoms with Gasteiger partial charge in [0.25, 0.3) is 0 Å². The Labute approximate surface area is 297 Å². The summed E-state index contributed by atoms with van der Waals surface area (Å²) in [6, 6.07) is 37.7. The van der Waals surface area contributed by atoms with E-state index in [9.17, 15) is 4.39 Å². The van der Waals surface area contributed by atoms with Crippen LogP contribution in [0.5, 0.6) is 0 Å². The van der Waals surface area contributed by atoms with Crippen molar-refractivity contribution in [1.82, 2.24) is 9.97 Å². The molecule has 0 spiro atoms. The Bertz CT molecular complexity index is 2190. The zero-order valence-corrected chi connectivity index (χ0v) is 31.6. The molecule has 0 atom stereocenters. The van der Waals surface area contributed by atoms with Gasteiger partial charge in [-0.2, -0.15) is 11.3 Å². The van der Waals surface area contributed by atoms with Crippen molar-refractivity contribution in [2.45, 2.75) is 46.3 Å². The van der Waals surface area contributed by atoms with Crippen LogP contribution in [0.1, 0.15) is 32.2 Å². The third-order valence-corrected chi connectivity index (χ3v) is 11.4. The number of thiophene rings is 1. The molecule has 239 valence electrons. The van der Waals surface area contributed by atoms with E-state index in [1.54, 1.807) is 23.6 Å². The monoisotopic (exact) mass is 830 g/mol. The molecule has 7 rings (SSSR count). The van der Waals surface area contributed by atoms with Crippen molar-refractivity contribution in [3.05, 3.63) is 139 Å². The molecule has 0 bridgehead atoms. The van der Waals surface area contributed by atoms with Gasteiger partial charge in [0.15, 0.2) is 0 Å². The first-order valence-electron chi connectivity index (χ1n) is 15.9. The van der Waals surface area contributed by atoms with Crippen molar-refractivity contribution in [1.29, 1.82) is 0 Å². The van der Waals surface area contributed by atoms with Crippen molar-refractivity contribution >= 4 is 44.8 Å². The van der Waals surface area contributed by atoms with E-state index in [0.29, 0.717) is 5.56 Å². The van der Waals surface area contributed by atoms with Crippen LogP contribution in [0.4, 0.5) is 4.39 Å². The predicted molar refractivity (Wildman–Crippen MR) is 197 cm³/mol. The van der Waals surface area contributed by atoms with E-state index in [1.165, 1.54) is 10.8 Å². The first kappa shape index (κ1) is 33.1. The normalized spacial score (nSPS) is 11.9. The molecule has 6 heteroatoms. The van der Waals surface area contributed by atoms with Gasteiger partial charge >= 0.3 is 0 Å². The molecule has 7 aromatic rings. The smallest absolute Gasteiger partial charge is 0.132 e. The number of hydrogen-bond donors (Lipinski definition) is 0. The molecule has 0 fully saturated rings. The molecular formula is C41H37FIrN2SSi-2. The molecule has 0 saturated heterocycles. The van der Waals surface area contributed by atoms with Crippen molar-refractivity contribution in [2.75, 3.05) is 0 Å². The fraction of sp³-hybridized carbons (Fsp3) is 0.171. The summed E-state index contributed by atoms with van der Waals surface area (Å²) < 4.78 is 25.2. The quantitative estimate of drug-likeness (QED) is 0.128. The number of fused-ring (bicyclic) bond motifs is 3. The number of halogens is 1. The average Bonchev–Trinajstić information content (AvgIpc) is 3.42. The van der Waals surface area contributed by atoms with Crippen LogP contribution in [0.15, 0.2) is 109 Å². The van der Waals surface area contributed by atoms with Crippen LogP contribution < -0.4 is 5.19 Å². The first-order chi connectivity index (χ1) is 22.4. The van der Waals surface area contributed by atoms with Gasteiger partial charge in [0.05, 0.1) is 8.07 Å². The van der Waals surface area contributed by atoms with E-state index >= 15 is 0 Å². The first-order valence-corrected chi connectivity index (χ1v) is 19.7. The zero-order valence-electron chi connectivity index (χ0n) is 28.4. The fourth-order valence-electron chi connectivity index (χ4n) is 5.71. The number of pyridine rings is 2. The summed E-state index contributed by atoms with van der Waals surface area (Å²) in [5.41, 5.74) is 7.49. The summed E-state index contributed by atoms with van der Waals surface area (Å²) >= 11 is 1.56. The molecule has 0 amide bonds. The van der Waals surface area contributed by atoms with Gasteiger partial charge in [-0.3, -0.25) is 0 Å². The van der Waals surface area contributed by atoms with Crippen LogP contribution >= 0.6 is 11.3 Å². The van der Waals surface area contributed by atoms with Crippen molar-refractivity contribution in [2.24, 2.45) is 0 Å². The van der Waals surface area contributed by atoms with Crippen molar-refractivity contribution < 1.29 is 25.9 Å². The fourth-order valence-corrected chi connectivity index (χ4v) is 8.63. The average molecular weight is 830 g/mol. The number of hydrogen-bond acceptors (Lipinski definition) is 3. The van der Waals surface area contributed by atoms with Crippen LogP contribution in [0, 0.1) is 24.9 Å². The summed E-state index contributed by atoms with van der Waals surface area (Å²) in [7, 11) is -1.27. The molecule has 0 N–H and O–H groups in total. The van der Waals surface area contributed by atoms with Crippen LogP contribution in [0.25, 0.3) is 53.8 Å². The maximum Gasteiger partial charge on any atom is 0.132 e. The third kappa shape index (κ3) is 7.52. The number of aryl methyl sites for hydroxylation is 1. The molecule has 0 aliphatic rings. The summed E-state index contributed by atoms with van der Waals surface area (Å²) in [5.74, 6) is -0.929. The van der Waals surface area contributed by atoms with E-state index in [-0.39, 0.29) is 25.9 Å². The van der Waals surface area contributed by atoms with Crippen LogP contribution in [0.3, 0.4) is 0 Å². The predicted octanol–water partition coefficient (Wildman–Crippen LogP) is 11.2. The number of aromatic nitrogens is 2. The SMILES string of the molecule is Cc1cc(-c2[c-]cccc2)ncc1[Si](C)(C)C.[2H]C(C)(C)c1ccnc(-c2[c-]ccc3c2sc2cc(F)c(-c4ccccc4)cc23)c1.[Ir]. The molecule has 1 radical (unpaired) electrons. The maximum atomic E-state index is 14.9. The molecule has 0 saturated carbocycles. The Morgan fingerprint density at radius 2 is 1.60 bits per heavy atom. The number of nitrogens with zero attached hydrogens (tertiary/aromatic N) is 2. The van der Waals surface area contributed by atoms with Gasteiger partial charge in [-0.05, 0) is 63.2 Å². The van der Waals surface area contributed by atoms with E-state index in [2.05, 4.69) is 67.0 Å². The second-order valence-corrected chi connectivity index (χ2v) is 18.8. The molecule has 47 heavy (non-hydrogen) atoms. The molecule has 0 aliphatic heterocycles. The third-order valence-electron chi connectivity index (χ3n) is 8.10. The Balaban J connectivity index is 0.000000214. The Kier molecular flexibility index (Phi) is 10.2.